The van der Waals surface area contributed by atoms with E-state index in [4.69, 9.17) is 10.6 Å². The standard InChI is InChI=1S/C9H15N7O/c1-6(4-17-2)3-16-9-7(14-15-16)8(13-10)11-5-12-9/h5-6H,3-4,10H2,1-2H3,(H,11,12,13). The molecule has 0 aliphatic carbocycles. The molecule has 8 nitrogen and oxygen atoms in total. The maximum absolute atomic E-state index is 5.34. The van der Waals surface area contributed by atoms with E-state index >= 15 is 0 Å². The summed E-state index contributed by atoms with van der Waals surface area (Å²) < 4.78 is 6.81. The lowest BCUT2D eigenvalue weighted by Gasteiger charge is -2.09. The lowest BCUT2D eigenvalue weighted by atomic mass is 10.2. The summed E-state index contributed by atoms with van der Waals surface area (Å²) in [4.78, 5) is 8.12. The van der Waals surface area contributed by atoms with Crippen LogP contribution >= 0.6 is 0 Å². The van der Waals surface area contributed by atoms with Gasteiger partial charge in [0.1, 0.15) is 6.33 Å². The molecule has 0 amide bonds. The number of nitrogens with one attached hydrogen (secondary N) is 1. The van der Waals surface area contributed by atoms with Crippen LogP contribution in [0.2, 0.25) is 0 Å². The number of aromatic nitrogens is 5. The van der Waals surface area contributed by atoms with E-state index in [1.54, 1.807) is 11.8 Å². The molecule has 3 N–H and O–H groups in total. The van der Waals surface area contributed by atoms with Gasteiger partial charge in [-0.25, -0.2) is 20.5 Å². The van der Waals surface area contributed by atoms with Gasteiger partial charge in [-0.1, -0.05) is 12.1 Å². The number of nitrogens with zero attached hydrogens (tertiary/aromatic N) is 5. The molecule has 1 unspecified atom stereocenters. The fourth-order valence-corrected chi connectivity index (χ4v) is 1.65. The molecule has 2 heterocycles. The van der Waals surface area contributed by atoms with Crippen LogP contribution in [0.5, 0.6) is 0 Å². The number of hydrogen-bond acceptors (Lipinski definition) is 7. The van der Waals surface area contributed by atoms with Gasteiger partial charge in [0, 0.05) is 13.7 Å². The van der Waals surface area contributed by atoms with Crippen LogP contribution in [0.3, 0.4) is 0 Å². The average Bonchev–Trinajstić information content (AvgIpc) is 2.73. The number of nitrogen functional groups attached to an aromatic ring is 1. The highest BCUT2D eigenvalue weighted by atomic mass is 16.5. The molecule has 0 aliphatic heterocycles. The van der Waals surface area contributed by atoms with Crippen LogP contribution in [0.15, 0.2) is 6.33 Å². The van der Waals surface area contributed by atoms with Gasteiger partial charge in [0.25, 0.3) is 0 Å². The number of methoxy groups -OCH3 is 1. The van der Waals surface area contributed by atoms with Crippen LogP contribution in [-0.2, 0) is 11.3 Å². The maximum Gasteiger partial charge on any atom is 0.183 e. The fraction of sp³-hybridized carbons (Fsp3) is 0.556. The van der Waals surface area contributed by atoms with Crippen molar-refractivity contribution in [2.45, 2.75) is 13.5 Å². The molecule has 2 rings (SSSR count). The molecular formula is C9H15N7O. The van der Waals surface area contributed by atoms with Crippen LogP contribution < -0.4 is 11.3 Å². The van der Waals surface area contributed by atoms with Crippen LogP contribution in [0, 0.1) is 5.92 Å². The molecule has 17 heavy (non-hydrogen) atoms. The van der Waals surface area contributed by atoms with E-state index < -0.39 is 0 Å². The monoisotopic (exact) mass is 237 g/mol. The summed E-state index contributed by atoms with van der Waals surface area (Å²) in [6, 6.07) is 0. The predicted octanol–water partition coefficient (Wildman–Crippen LogP) is -0.211. The zero-order valence-corrected chi connectivity index (χ0v) is 9.79. The molecule has 0 aromatic carbocycles. The van der Waals surface area contributed by atoms with Gasteiger partial charge < -0.3 is 10.2 Å². The van der Waals surface area contributed by atoms with E-state index in [1.165, 1.54) is 6.33 Å². The second-order valence-corrected chi connectivity index (χ2v) is 3.87. The largest absolute Gasteiger partial charge is 0.384 e. The highest BCUT2D eigenvalue weighted by molar-refractivity contribution is 5.81. The highest BCUT2D eigenvalue weighted by Gasteiger charge is 2.12. The molecular weight excluding hydrogens is 222 g/mol. The molecule has 2 aromatic rings. The minimum Gasteiger partial charge on any atom is -0.384 e. The van der Waals surface area contributed by atoms with Gasteiger partial charge in [0.05, 0.1) is 6.61 Å². The van der Waals surface area contributed by atoms with Crippen molar-refractivity contribution in [3.05, 3.63) is 6.33 Å². The summed E-state index contributed by atoms with van der Waals surface area (Å²) in [7, 11) is 1.68. The van der Waals surface area contributed by atoms with Crippen LogP contribution in [0.25, 0.3) is 11.2 Å². The Morgan fingerprint density at radius 1 is 1.53 bits per heavy atom. The van der Waals surface area contributed by atoms with Crippen molar-refractivity contribution in [3.63, 3.8) is 0 Å². The maximum atomic E-state index is 5.34. The quantitative estimate of drug-likeness (QED) is 0.547. The molecule has 0 fully saturated rings. The molecule has 0 aliphatic rings. The van der Waals surface area contributed by atoms with Crippen molar-refractivity contribution in [1.29, 1.82) is 0 Å². The van der Waals surface area contributed by atoms with Gasteiger partial charge >= 0.3 is 0 Å². The van der Waals surface area contributed by atoms with Crippen molar-refractivity contribution >= 4 is 17.0 Å². The van der Waals surface area contributed by atoms with Crippen molar-refractivity contribution in [2.75, 3.05) is 19.1 Å². The topological polar surface area (TPSA) is 104 Å². The van der Waals surface area contributed by atoms with E-state index in [2.05, 4.69) is 32.6 Å². The molecule has 2 aromatic heterocycles. The number of anilines is 1. The lowest BCUT2D eigenvalue weighted by molar-refractivity contribution is 0.149. The summed E-state index contributed by atoms with van der Waals surface area (Å²) in [5.41, 5.74) is 3.70. The van der Waals surface area contributed by atoms with Gasteiger partial charge in [-0.3, -0.25) is 0 Å². The van der Waals surface area contributed by atoms with Gasteiger partial charge in [-0.05, 0) is 5.92 Å². The third-order valence-electron chi connectivity index (χ3n) is 2.37. The number of rotatable bonds is 5. The molecule has 1 atom stereocenters. The third-order valence-corrected chi connectivity index (χ3v) is 2.37. The van der Waals surface area contributed by atoms with Crippen molar-refractivity contribution in [3.8, 4) is 0 Å². The van der Waals surface area contributed by atoms with Gasteiger partial charge in [-0.15, -0.1) is 5.10 Å². The van der Waals surface area contributed by atoms with Gasteiger partial charge in [0.15, 0.2) is 17.0 Å². The summed E-state index contributed by atoms with van der Waals surface area (Å²) in [5, 5.41) is 8.05. The van der Waals surface area contributed by atoms with E-state index in [0.29, 0.717) is 36.1 Å². The molecule has 0 radical (unpaired) electrons. The predicted molar refractivity (Wildman–Crippen MR) is 62.0 cm³/mol. The summed E-state index contributed by atoms with van der Waals surface area (Å²) >= 11 is 0. The zero-order valence-electron chi connectivity index (χ0n) is 9.79. The highest BCUT2D eigenvalue weighted by Crippen LogP contribution is 2.15. The fourth-order valence-electron chi connectivity index (χ4n) is 1.65. The Balaban J connectivity index is 2.30. The second kappa shape index (κ2) is 5.02. The second-order valence-electron chi connectivity index (χ2n) is 3.87. The lowest BCUT2D eigenvalue weighted by Crippen LogP contribution is -2.14. The van der Waals surface area contributed by atoms with Crippen LogP contribution in [-0.4, -0.2) is 38.7 Å². The smallest absolute Gasteiger partial charge is 0.183 e. The van der Waals surface area contributed by atoms with E-state index in [-0.39, 0.29) is 0 Å². The third kappa shape index (κ3) is 2.32. The molecule has 8 heteroatoms. The Kier molecular flexibility index (Phi) is 3.45. The minimum atomic E-state index is 0.328. The van der Waals surface area contributed by atoms with Crippen LogP contribution in [0.1, 0.15) is 6.92 Å². The summed E-state index contributed by atoms with van der Waals surface area (Å²) in [6.45, 7) is 3.42. The molecule has 0 saturated heterocycles. The normalized spacial score (nSPS) is 12.9. The molecule has 0 saturated carbocycles. The number of nitrogens with two attached hydrogens (primary N) is 1. The first kappa shape index (κ1) is 11.7. The molecule has 0 bridgehead atoms. The van der Waals surface area contributed by atoms with E-state index in [9.17, 15) is 0 Å². The minimum absolute atomic E-state index is 0.328. The summed E-state index contributed by atoms with van der Waals surface area (Å²) in [6.07, 6.45) is 1.43. The Morgan fingerprint density at radius 2 is 2.35 bits per heavy atom. The first-order chi connectivity index (χ1) is 8.26. The van der Waals surface area contributed by atoms with Crippen molar-refractivity contribution in [1.82, 2.24) is 25.0 Å². The molecule has 0 spiro atoms. The molecule has 92 valence electrons. The number of fused-ring (bicyclic) bond motifs is 1. The number of ether oxygens (including phenoxy) is 1. The summed E-state index contributed by atoms with van der Waals surface area (Å²) in [5.74, 6) is 6.14. The first-order valence-corrected chi connectivity index (χ1v) is 5.26. The Morgan fingerprint density at radius 3 is 3.06 bits per heavy atom. The Hall–Kier alpha value is -1.80. The van der Waals surface area contributed by atoms with Gasteiger partial charge in [-0.2, -0.15) is 0 Å². The van der Waals surface area contributed by atoms with Crippen molar-refractivity contribution in [2.24, 2.45) is 11.8 Å². The van der Waals surface area contributed by atoms with E-state index in [1.807, 2.05) is 0 Å². The average molecular weight is 237 g/mol. The first-order valence-electron chi connectivity index (χ1n) is 5.26. The SMILES string of the molecule is COCC(C)Cn1nnc2c(NN)ncnc21. The zero-order chi connectivity index (χ0) is 12.3. The van der Waals surface area contributed by atoms with E-state index in [0.717, 1.165) is 0 Å². The Bertz CT molecular complexity index is 497. The van der Waals surface area contributed by atoms with Crippen molar-refractivity contribution < 1.29 is 4.74 Å². The number of hydrazine groups is 1. The number of hydrogen-bond donors (Lipinski definition) is 2. The van der Waals surface area contributed by atoms with Crippen LogP contribution in [0.4, 0.5) is 5.82 Å². The van der Waals surface area contributed by atoms with Gasteiger partial charge in [0.2, 0.25) is 0 Å². The Labute approximate surface area is 98.1 Å².